The van der Waals surface area contributed by atoms with Gasteiger partial charge in [-0.1, -0.05) is 42.5 Å². The maximum atomic E-state index is 14.1. The molecule has 5 aromatic carbocycles. The van der Waals surface area contributed by atoms with Crippen LogP contribution in [0.25, 0.3) is 22.3 Å². The Morgan fingerprint density at radius 3 is 1.98 bits per heavy atom. The van der Waals surface area contributed by atoms with Gasteiger partial charge < -0.3 is 25.0 Å². The molecular formula is C43H35F6N3O4. The fraction of sp³-hybridized carbons (Fsp3) is 0.163. The van der Waals surface area contributed by atoms with Crippen LogP contribution in [0.15, 0.2) is 133 Å². The minimum Gasteiger partial charge on any atom is -0.497 e. The number of hydrogen-bond donors (Lipinski definition) is 2. The summed E-state index contributed by atoms with van der Waals surface area (Å²) >= 11 is 0. The third kappa shape index (κ3) is 8.26. The highest BCUT2D eigenvalue weighted by molar-refractivity contribution is 6.07. The second kappa shape index (κ2) is 15.7. The molecule has 2 amide bonds. The second-order valence-corrected chi connectivity index (χ2v) is 12.9. The Morgan fingerprint density at radius 1 is 0.696 bits per heavy atom. The molecule has 6 rings (SSSR count). The van der Waals surface area contributed by atoms with Crippen molar-refractivity contribution in [3.05, 3.63) is 155 Å². The smallest absolute Gasteiger partial charge is 0.417 e. The topological polar surface area (TPSA) is 79.9 Å². The van der Waals surface area contributed by atoms with E-state index in [4.69, 9.17) is 9.47 Å². The van der Waals surface area contributed by atoms with Gasteiger partial charge in [-0.25, -0.2) is 0 Å². The zero-order valence-corrected chi connectivity index (χ0v) is 30.5. The fourth-order valence-electron chi connectivity index (χ4n) is 6.48. The molecule has 0 aromatic heterocycles. The van der Waals surface area contributed by atoms with E-state index >= 15 is 0 Å². The summed E-state index contributed by atoms with van der Waals surface area (Å²) in [7, 11) is 3.14. The summed E-state index contributed by atoms with van der Waals surface area (Å²) in [6.07, 6.45) is -6.45. The summed E-state index contributed by atoms with van der Waals surface area (Å²) in [5.74, 6) is 0.211. The molecule has 0 bridgehead atoms. The van der Waals surface area contributed by atoms with E-state index in [9.17, 15) is 35.9 Å². The van der Waals surface area contributed by atoms with Crippen molar-refractivity contribution in [2.24, 2.45) is 0 Å². The summed E-state index contributed by atoms with van der Waals surface area (Å²) < 4.78 is 92.8. The first-order valence-corrected chi connectivity index (χ1v) is 17.2. The lowest BCUT2D eigenvalue weighted by molar-refractivity contribution is -0.141. The van der Waals surface area contributed by atoms with E-state index in [2.05, 4.69) is 10.6 Å². The maximum absolute atomic E-state index is 14.1. The number of ether oxygens (including phenoxy) is 2. The number of anilines is 2. The molecule has 1 unspecified atom stereocenters. The number of amides is 2. The number of aryl methyl sites for hydroxylation is 1. The van der Waals surface area contributed by atoms with Gasteiger partial charge in [0.1, 0.15) is 11.5 Å². The van der Waals surface area contributed by atoms with Crippen LogP contribution in [0, 0.1) is 6.92 Å². The largest absolute Gasteiger partial charge is 0.497 e. The third-order valence-electron chi connectivity index (χ3n) is 9.40. The van der Waals surface area contributed by atoms with Gasteiger partial charge in [-0.15, -0.1) is 0 Å². The summed E-state index contributed by atoms with van der Waals surface area (Å²) in [5.41, 5.74) is 0.730. The van der Waals surface area contributed by atoms with Gasteiger partial charge in [-0.05, 0) is 109 Å². The Kier molecular flexibility index (Phi) is 11.0. The van der Waals surface area contributed by atoms with E-state index in [0.29, 0.717) is 46.5 Å². The maximum Gasteiger partial charge on any atom is 0.417 e. The number of hydrogen-bond acceptors (Lipinski definition) is 5. The molecule has 1 aliphatic rings. The first-order chi connectivity index (χ1) is 26.6. The zero-order chi connectivity index (χ0) is 40.4. The molecular weight excluding hydrogens is 736 g/mol. The van der Waals surface area contributed by atoms with Gasteiger partial charge in [0.15, 0.2) is 0 Å². The highest BCUT2D eigenvalue weighted by Gasteiger charge is 2.37. The van der Waals surface area contributed by atoms with Crippen LogP contribution in [-0.2, 0) is 17.1 Å². The monoisotopic (exact) mass is 771 g/mol. The first-order valence-electron chi connectivity index (χ1n) is 17.2. The number of rotatable bonds is 9. The average Bonchev–Trinajstić information content (AvgIpc) is 3.17. The predicted octanol–water partition coefficient (Wildman–Crippen LogP) is 10.4. The molecule has 0 saturated carbocycles. The molecule has 1 atom stereocenters. The van der Waals surface area contributed by atoms with Crippen LogP contribution in [-0.4, -0.2) is 32.1 Å². The van der Waals surface area contributed by atoms with Crippen LogP contribution in [0.5, 0.6) is 11.5 Å². The van der Waals surface area contributed by atoms with E-state index in [1.807, 2.05) is 35.2 Å². The van der Waals surface area contributed by atoms with Crippen molar-refractivity contribution in [3.63, 3.8) is 0 Å². The number of carbonyl (C=O) groups is 2. The molecule has 5 aromatic rings. The van der Waals surface area contributed by atoms with E-state index in [1.165, 1.54) is 24.3 Å². The van der Waals surface area contributed by atoms with E-state index in [-0.39, 0.29) is 22.5 Å². The van der Waals surface area contributed by atoms with Gasteiger partial charge in [0, 0.05) is 28.7 Å². The number of nitrogens with one attached hydrogen (secondary N) is 2. The third-order valence-corrected chi connectivity index (χ3v) is 9.40. The van der Waals surface area contributed by atoms with Crippen LogP contribution < -0.4 is 25.0 Å². The number of alkyl halides is 6. The Labute approximate surface area is 318 Å². The van der Waals surface area contributed by atoms with Crippen LogP contribution in [0.4, 0.5) is 37.7 Å². The van der Waals surface area contributed by atoms with Crippen LogP contribution in [0.1, 0.15) is 34.0 Å². The van der Waals surface area contributed by atoms with Crippen molar-refractivity contribution < 1.29 is 45.4 Å². The highest BCUT2D eigenvalue weighted by Crippen LogP contribution is 2.41. The molecule has 288 valence electrons. The zero-order valence-electron chi connectivity index (χ0n) is 30.5. The van der Waals surface area contributed by atoms with Gasteiger partial charge in [-0.2, -0.15) is 26.3 Å². The minimum atomic E-state index is -4.92. The fourth-order valence-corrected chi connectivity index (χ4v) is 6.48. The summed E-state index contributed by atoms with van der Waals surface area (Å²) in [5, 5.41) is 5.60. The number of allylic oxidation sites excluding steroid dienone is 1. The van der Waals surface area contributed by atoms with Gasteiger partial charge in [0.25, 0.3) is 11.8 Å². The van der Waals surface area contributed by atoms with Gasteiger partial charge >= 0.3 is 12.4 Å². The van der Waals surface area contributed by atoms with Gasteiger partial charge in [0.05, 0.1) is 42.7 Å². The lowest BCUT2D eigenvalue weighted by atomic mass is 9.96. The molecule has 56 heavy (non-hydrogen) atoms. The van der Waals surface area contributed by atoms with Crippen LogP contribution in [0.3, 0.4) is 0 Å². The number of nitrogens with zero attached hydrogens (tertiary/aromatic N) is 1. The van der Waals surface area contributed by atoms with Crippen molar-refractivity contribution in [2.75, 3.05) is 24.4 Å². The standard InChI is InChI=1S/C43H35F6N3O4/c1-25-7-5-6-8-33(25)40(53)51-37-21-22-52(31-16-11-28(12-17-31)35-24-32(55-3)18-20-38(35)56-4)26(2)39(37)41(54)50-30-14-9-27(10-15-30)34-23-29(42(44,45)46)13-19-36(34)43(47,48)49/h5-24,26H,1-4H3,(H,50,54)(H,51,53). The highest BCUT2D eigenvalue weighted by atomic mass is 19.4. The van der Waals surface area contributed by atoms with E-state index < -0.39 is 46.9 Å². The quantitative estimate of drug-likeness (QED) is 0.146. The molecule has 0 saturated heterocycles. The molecule has 1 aliphatic heterocycles. The second-order valence-electron chi connectivity index (χ2n) is 12.9. The molecule has 0 fully saturated rings. The average molecular weight is 772 g/mol. The number of methoxy groups -OCH3 is 2. The summed E-state index contributed by atoms with van der Waals surface area (Å²) in [6, 6.07) is 25.5. The molecule has 1 heterocycles. The van der Waals surface area contributed by atoms with Crippen molar-refractivity contribution in [2.45, 2.75) is 32.2 Å². The van der Waals surface area contributed by atoms with E-state index in [0.717, 1.165) is 11.1 Å². The lowest BCUT2D eigenvalue weighted by Gasteiger charge is -2.34. The molecule has 0 spiro atoms. The summed E-state index contributed by atoms with van der Waals surface area (Å²) in [4.78, 5) is 29.4. The van der Waals surface area contributed by atoms with Crippen LogP contribution >= 0.6 is 0 Å². The van der Waals surface area contributed by atoms with Gasteiger partial charge in [0.2, 0.25) is 0 Å². The van der Waals surface area contributed by atoms with Crippen LogP contribution in [0.2, 0.25) is 0 Å². The molecule has 2 N–H and O–H groups in total. The SMILES string of the molecule is COc1ccc(OC)c(-c2ccc(N3C=CC(NC(=O)c4ccccc4C)=C(C(=O)Nc4ccc(-c5cc(C(F)(F)F)ccc5C(F)(F)F)cc4)C3C)cc2)c1. The Hall–Kier alpha value is -6.50. The normalized spacial score (nSPS) is 14.4. The van der Waals surface area contributed by atoms with Crippen molar-refractivity contribution >= 4 is 23.2 Å². The van der Waals surface area contributed by atoms with Gasteiger partial charge in [-0.3, -0.25) is 9.59 Å². The Bertz CT molecular complexity index is 2330. The first kappa shape index (κ1) is 39.2. The molecule has 0 aliphatic carbocycles. The summed E-state index contributed by atoms with van der Waals surface area (Å²) in [6.45, 7) is 3.55. The predicted molar refractivity (Wildman–Crippen MR) is 202 cm³/mol. The van der Waals surface area contributed by atoms with Crippen molar-refractivity contribution in [1.82, 2.24) is 5.32 Å². The lowest BCUT2D eigenvalue weighted by Crippen LogP contribution is -2.40. The van der Waals surface area contributed by atoms with Crippen molar-refractivity contribution in [3.8, 4) is 33.8 Å². The van der Waals surface area contributed by atoms with E-state index in [1.54, 1.807) is 76.7 Å². The minimum absolute atomic E-state index is 0.137. The molecule has 13 heteroatoms. The molecule has 0 radical (unpaired) electrons. The van der Waals surface area contributed by atoms with Crippen molar-refractivity contribution in [1.29, 1.82) is 0 Å². The number of carbonyl (C=O) groups excluding carboxylic acids is 2. The Morgan fingerprint density at radius 2 is 1.36 bits per heavy atom. The number of halogens is 6. The number of benzene rings is 5. The Balaban J connectivity index is 1.32. The molecule has 7 nitrogen and oxygen atoms in total.